The third-order valence-corrected chi connectivity index (χ3v) is 3.43. The van der Waals surface area contributed by atoms with E-state index in [0.717, 1.165) is 49.3 Å². The van der Waals surface area contributed by atoms with E-state index in [1.165, 1.54) is 0 Å². The number of rotatable bonds is 9. The second-order valence-electron chi connectivity index (χ2n) is 5.21. The van der Waals surface area contributed by atoms with Crippen molar-refractivity contribution in [2.75, 3.05) is 6.61 Å². The lowest BCUT2D eigenvalue weighted by molar-refractivity contribution is -0.143. The van der Waals surface area contributed by atoms with Crippen LogP contribution >= 0.6 is 0 Å². The Bertz CT molecular complexity index is 566. The fourth-order valence-electron chi connectivity index (χ4n) is 2.28. The maximum Gasteiger partial charge on any atom is 0.305 e. The molecule has 1 aromatic heterocycles. The molecule has 0 spiro atoms. The number of esters is 1. The van der Waals surface area contributed by atoms with Gasteiger partial charge in [-0.05, 0) is 19.8 Å². The lowest BCUT2D eigenvalue weighted by Crippen LogP contribution is -2.03. The summed E-state index contributed by atoms with van der Waals surface area (Å²) in [6, 6.07) is 9.98. The highest BCUT2D eigenvalue weighted by molar-refractivity contribution is 5.69. The van der Waals surface area contributed by atoms with E-state index in [4.69, 9.17) is 4.74 Å². The minimum absolute atomic E-state index is 0.0924. The zero-order valence-electron chi connectivity index (χ0n) is 13.0. The van der Waals surface area contributed by atoms with E-state index >= 15 is 0 Å². The van der Waals surface area contributed by atoms with Crippen LogP contribution < -0.4 is 0 Å². The largest absolute Gasteiger partial charge is 0.466 e. The van der Waals surface area contributed by atoms with Gasteiger partial charge in [-0.1, -0.05) is 43.2 Å². The molecule has 0 aliphatic heterocycles. The van der Waals surface area contributed by atoms with Crippen LogP contribution in [0.4, 0.5) is 0 Å². The number of carbonyl (C=O) groups excluding carboxylic acids is 1. The SMILES string of the molecule is CCOC(=O)CCCCCCc1nnc(-c2ccccc2)[nH]1. The molecule has 0 aliphatic rings. The number of aryl methyl sites for hydroxylation is 1. The summed E-state index contributed by atoms with van der Waals surface area (Å²) in [5.41, 5.74) is 1.05. The molecular formula is C17H23N3O2. The molecule has 118 valence electrons. The van der Waals surface area contributed by atoms with Gasteiger partial charge in [0.2, 0.25) is 0 Å². The Labute approximate surface area is 131 Å². The van der Waals surface area contributed by atoms with Crippen LogP contribution in [0.15, 0.2) is 30.3 Å². The first-order valence-corrected chi connectivity index (χ1v) is 7.92. The lowest BCUT2D eigenvalue weighted by atomic mass is 10.1. The fourth-order valence-corrected chi connectivity index (χ4v) is 2.28. The van der Waals surface area contributed by atoms with Gasteiger partial charge in [-0.25, -0.2) is 0 Å². The molecule has 5 heteroatoms. The zero-order chi connectivity index (χ0) is 15.6. The van der Waals surface area contributed by atoms with Crippen LogP contribution in [0.5, 0.6) is 0 Å². The van der Waals surface area contributed by atoms with Crippen molar-refractivity contribution in [3.05, 3.63) is 36.2 Å². The van der Waals surface area contributed by atoms with Gasteiger partial charge < -0.3 is 9.72 Å². The lowest BCUT2D eigenvalue weighted by Gasteiger charge is -2.01. The topological polar surface area (TPSA) is 67.9 Å². The molecule has 0 amide bonds. The number of nitrogens with one attached hydrogen (secondary N) is 1. The maximum absolute atomic E-state index is 11.2. The highest BCUT2D eigenvalue weighted by Crippen LogP contribution is 2.14. The Morgan fingerprint density at radius 2 is 1.86 bits per heavy atom. The van der Waals surface area contributed by atoms with E-state index in [0.29, 0.717) is 13.0 Å². The number of nitrogens with zero attached hydrogens (tertiary/aromatic N) is 2. The molecule has 5 nitrogen and oxygen atoms in total. The van der Waals surface area contributed by atoms with E-state index in [-0.39, 0.29) is 5.97 Å². The summed E-state index contributed by atoms with van der Waals surface area (Å²) in [6.07, 6.45) is 5.48. The number of aromatic amines is 1. The molecule has 0 atom stereocenters. The number of carbonyl (C=O) groups is 1. The van der Waals surface area contributed by atoms with Gasteiger partial charge in [0.15, 0.2) is 5.82 Å². The van der Waals surface area contributed by atoms with Gasteiger partial charge in [0.1, 0.15) is 5.82 Å². The van der Waals surface area contributed by atoms with Gasteiger partial charge in [0, 0.05) is 18.4 Å². The molecular weight excluding hydrogens is 278 g/mol. The van der Waals surface area contributed by atoms with Crippen LogP contribution in [-0.4, -0.2) is 27.8 Å². The first kappa shape index (κ1) is 16.2. The summed E-state index contributed by atoms with van der Waals surface area (Å²) >= 11 is 0. The van der Waals surface area contributed by atoms with Crippen molar-refractivity contribution in [2.24, 2.45) is 0 Å². The summed E-state index contributed by atoms with van der Waals surface area (Å²) in [6.45, 7) is 2.30. The predicted octanol–water partition coefficient (Wildman–Crippen LogP) is 3.53. The Balaban J connectivity index is 1.64. The number of hydrogen-bond donors (Lipinski definition) is 1. The predicted molar refractivity (Wildman–Crippen MR) is 85.2 cm³/mol. The van der Waals surface area contributed by atoms with Gasteiger partial charge in [0.25, 0.3) is 0 Å². The molecule has 2 rings (SSSR count). The molecule has 0 unspecified atom stereocenters. The number of benzene rings is 1. The van der Waals surface area contributed by atoms with Crippen molar-refractivity contribution in [1.29, 1.82) is 0 Å². The van der Waals surface area contributed by atoms with Crippen LogP contribution in [0.25, 0.3) is 11.4 Å². The van der Waals surface area contributed by atoms with Crippen LogP contribution in [0.1, 0.15) is 44.9 Å². The molecule has 2 aromatic rings. The Hall–Kier alpha value is -2.17. The quantitative estimate of drug-likeness (QED) is 0.568. The van der Waals surface area contributed by atoms with Crippen molar-refractivity contribution in [1.82, 2.24) is 15.2 Å². The van der Waals surface area contributed by atoms with Crippen LogP contribution in [0.2, 0.25) is 0 Å². The first-order chi connectivity index (χ1) is 10.8. The van der Waals surface area contributed by atoms with E-state index in [2.05, 4.69) is 15.2 Å². The van der Waals surface area contributed by atoms with Crippen molar-refractivity contribution >= 4 is 5.97 Å². The smallest absolute Gasteiger partial charge is 0.305 e. The standard InChI is InChI=1S/C17H23N3O2/c1-2-22-16(21)13-9-4-3-8-12-15-18-17(20-19-15)14-10-6-5-7-11-14/h5-7,10-11H,2-4,8-9,12-13H2,1H3,(H,18,19,20). The van der Waals surface area contributed by atoms with Crippen LogP contribution in [-0.2, 0) is 16.0 Å². The second kappa shape index (κ2) is 8.97. The molecule has 0 radical (unpaired) electrons. The van der Waals surface area contributed by atoms with Gasteiger partial charge in [-0.3, -0.25) is 4.79 Å². The van der Waals surface area contributed by atoms with Crippen molar-refractivity contribution in [3.8, 4) is 11.4 Å². The summed E-state index contributed by atoms with van der Waals surface area (Å²) < 4.78 is 4.90. The monoisotopic (exact) mass is 301 g/mol. The third kappa shape index (κ3) is 5.31. The molecule has 0 saturated heterocycles. The van der Waals surface area contributed by atoms with Gasteiger partial charge in [0.05, 0.1) is 6.61 Å². The van der Waals surface area contributed by atoms with E-state index in [1.54, 1.807) is 0 Å². The zero-order valence-corrected chi connectivity index (χ0v) is 13.0. The molecule has 0 aliphatic carbocycles. The molecule has 22 heavy (non-hydrogen) atoms. The minimum atomic E-state index is -0.0924. The molecule has 1 aromatic carbocycles. The highest BCUT2D eigenvalue weighted by Gasteiger charge is 2.05. The fraction of sp³-hybridized carbons (Fsp3) is 0.471. The number of H-pyrrole nitrogens is 1. The van der Waals surface area contributed by atoms with E-state index < -0.39 is 0 Å². The van der Waals surface area contributed by atoms with Gasteiger partial charge in [-0.2, -0.15) is 0 Å². The van der Waals surface area contributed by atoms with Crippen molar-refractivity contribution in [3.63, 3.8) is 0 Å². The Morgan fingerprint density at radius 1 is 1.09 bits per heavy atom. The van der Waals surface area contributed by atoms with Crippen LogP contribution in [0.3, 0.4) is 0 Å². The molecule has 0 saturated carbocycles. The maximum atomic E-state index is 11.2. The Kier molecular flexibility index (Phi) is 6.61. The molecule has 1 N–H and O–H groups in total. The highest BCUT2D eigenvalue weighted by atomic mass is 16.5. The van der Waals surface area contributed by atoms with Gasteiger partial charge >= 0.3 is 5.97 Å². The summed E-state index contributed by atoms with van der Waals surface area (Å²) in [5.74, 6) is 1.65. The van der Waals surface area contributed by atoms with E-state index in [9.17, 15) is 4.79 Å². The number of aromatic nitrogens is 3. The summed E-state index contributed by atoms with van der Waals surface area (Å²) in [7, 11) is 0. The van der Waals surface area contributed by atoms with E-state index in [1.807, 2.05) is 37.3 Å². The normalized spacial score (nSPS) is 10.6. The summed E-state index contributed by atoms with van der Waals surface area (Å²) in [4.78, 5) is 14.4. The van der Waals surface area contributed by atoms with Gasteiger partial charge in [-0.15, -0.1) is 10.2 Å². The third-order valence-electron chi connectivity index (χ3n) is 3.43. The first-order valence-electron chi connectivity index (χ1n) is 7.92. The second-order valence-corrected chi connectivity index (χ2v) is 5.21. The summed E-state index contributed by atoms with van der Waals surface area (Å²) in [5, 5.41) is 8.36. The average Bonchev–Trinajstić information content (AvgIpc) is 3.01. The van der Waals surface area contributed by atoms with Crippen molar-refractivity contribution in [2.45, 2.75) is 45.4 Å². The number of unbranched alkanes of at least 4 members (excludes halogenated alkanes) is 3. The number of hydrogen-bond acceptors (Lipinski definition) is 4. The molecule has 0 bridgehead atoms. The Morgan fingerprint density at radius 3 is 2.64 bits per heavy atom. The molecule has 0 fully saturated rings. The number of ether oxygens (including phenoxy) is 1. The minimum Gasteiger partial charge on any atom is -0.466 e. The van der Waals surface area contributed by atoms with Crippen molar-refractivity contribution < 1.29 is 9.53 Å². The molecule has 1 heterocycles. The van der Waals surface area contributed by atoms with Crippen LogP contribution in [0, 0.1) is 0 Å². The average molecular weight is 301 g/mol.